The van der Waals surface area contributed by atoms with E-state index in [2.05, 4.69) is 82.6 Å². The monoisotopic (exact) mass is 456 g/mol. The van der Waals surface area contributed by atoms with Crippen LogP contribution in [0.4, 0.5) is 0 Å². The molecule has 0 spiro atoms. The maximum atomic E-state index is 13.5. The molecule has 7 heteroatoms. The first kappa shape index (κ1) is 22.5. The lowest BCUT2D eigenvalue weighted by molar-refractivity contribution is 0.210. The zero-order valence-corrected chi connectivity index (χ0v) is 20.2. The highest BCUT2D eigenvalue weighted by Crippen LogP contribution is 2.34. The van der Waals surface area contributed by atoms with Gasteiger partial charge in [-0.05, 0) is 72.5 Å². The molecule has 1 unspecified atom stereocenters. The second-order valence-corrected chi connectivity index (χ2v) is 9.47. The molecule has 2 aromatic carbocycles. The molecule has 7 nitrogen and oxygen atoms in total. The number of tetrazole rings is 1. The number of aromatic nitrogens is 5. The summed E-state index contributed by atoms with van der Waals surface area (Å²) in [4.78, 5) is 19.0. The molecule has 2 aromatic heterocycles. The third-order valence-electron chi connectivity index (χ3n) is 7.07. The number of nitrogens with zero attached hydrogens (tertiary/aromatic N) is 5. The first-order chi connectivity index (χ1) is 16.5. The normalized spacial score (nSPS) is 15.4. The van der Waals surface area contributed by atoms with Gasteiger partial charge in [-0.3, -0.25) is 9.69 Å². The SMILES string of the molecule is CCN(Cc1ccccc1)C(c1cc2c(C)cc(C)cc2[nH]c1=O)c1nnnn1C1CCCC1. The van der Waals surface area contributed by atoms with Crippen LogP contribution in [0.15, 0.2) is 53.3 Å². The van der Waals surface area contributed by atoms with Crippen LogP contribution < -0.4 is 5.56 Å². The van der Waals surface area contributed by atoms with Crippen molar-refractivity contribution in [2.45, 2.75) is 65.1 Å². The molecule has 1 N–H and O–H groups in total. The van der Waals surface area contributed by atoms with Crippen LogP contribution in [0, 0.1) is 13.8 Å². The number of aromatic amines is 1. The van der Waals surface area contributed by atoms with E-state index in [-0.39, 0.29) is 17.6 Å². The Kier molecular flexibility index (Phi) is 6.28. The Bertz CT molecular complexity index is 1340. The highest BCUT2D eigenvalue weighted by Gasteiger charge is 2.32. The van der Waals surface area contributed by atoms with Crippen molar-refractivity contribution in [1.29, 1.82) is 0 Å². The largest absolute Gasteiger partial charge is 0.322 e. The van der Waals surface area contributed by atoms with Gasteiger partial charge in [0.1, 0.15) is 6.04 Å². The van der Waals surface area contributed by atoms with Gasteiger partial charge in [-0.2, -0.15) is 0 Å². The molecule has 1 saturated carbocycles. The average Bonchev–Trinajstić information content (AvgIpc) is 3.52. The summed E-state index contributed by atoms with van der Waals surface area (Å²) in [6, 6.07) is 16.5. The van der Waals surface area contributed by atoms with Gasteiger partial charge < -0.3 is 4.98 Å². The number of pyridine rings is 1. The molecule has 1 atom stereocenters. The predicted octanol–water partition coefficient (Wildman–Crippen LogP) is 4.86. The van der Waals surface area contributed by atoms with Crippen molar-refractivity contribution in [1.82, 2.24) is 30.1 Å². The van der Waals surface area contributed by atoms with E-state index in [1.165, 1.54) is 18.4 Å². The molecule has 1 aliphatic carbocycles. The minimum atomic E-state index is -0.352. The average molecular weight is 457 g/mol. The predicted molar refractivity (Wildman–Crippen MR) is 134 cm³/mol. The van der Waals surface area contributed by atoms with Gasteiger partial charge in [-0.1, -0.05) is 56.2 Å². The number of fused-ring (bicyclic) bond motifs is 1. The first-order valence-electron chi connectivity index (χ1n) is 12.2. The van der Waals surface area contributed by atoms with Gasteiger partial charge in [0.15, 0.2) is 5.82 Å². The summed E-state index contributed by atoms with van der Waals surface area (Å²) >= 11 is 0. The fourth-order valence-corrected chi connectivity index (χ4v) is 5.38. The fourth-order valence-electron chi connectivity index (χ4n) is 5.38. The summed E-state index contributed by atoms with van der Waals surface area (Å²) in [6.07, 6.45) is 4.51. The van der Waals surface area contributed by atoms with E-state index in [4.69, 9.17) is 0 Å². The number of H-pyrrole nitrogens is 1. The quantitative estimate of drug-likeness (QED) is 0.430. The number of aryl methyl sites for hydroxylation is 2. The van der Waals surface area contributed by atoms with E-state index in [0.717, 1.165) is 47.2 Å². The van der Waals surface area contributed by atoms with Gasteiger partial charge in [-0.25, -0.2) is 4.68 Å². The van der Waals surface area contributed by atoms with Crippen molar-refractivity contribution >= 4 is 10.9 Å². The second kappa shape index (κ2) is 9.50. The molecule has 0 saturated heterocycles. The Morgan fingerprint density at radius 1 is 1.12 bits per heavy atom. The maximum absolute atomic E-state index is 13.5. The molecule has 0 radical (unpaired) electrons. The lowest BCUT2D eigenvalue weighted by Crippen LogP contribution is -2.35. The van der Waals surface area contributed by atoms with Gasteiger partial charge in [0.2, 0.25) is 0 Å². The summed E-state index contributed by atoms with van der Waals surface area (Å²) in [5.41, 5.74) is 4.94. The molecule has 0 bridgehead atoms. The van der Waals surface area contributed by atoms with Crippen molar-refractivity contribution < 1.29 is 0 Å². The van der Waals surface area contributed by atoms with E-state index < -0.39 is 0 Å². The van der Waals surface area contributed by atoms with Crippen molar-refractivity contribution in [3.63, 3.8) is 0 Å². The van der Waals surface area contributed by atoms with Crippen LogP contribution in [0.2, 0.25) is 0 Å². The molecule has 0 amide bonds. The van der Waals surface area contributed by atoms with Crippen LogP contribution in [-0.4, -0.2) is 36.6 Å². The Hall–Kier alpha value is -3.32. The van der Waals surface area contributed by atoms with Gasteiger partial charge in [0, 0.05) is 23.0 Å². The van der Waals surface area contributed by atoms with Gasteiger partial charge >= 0.3 is 0 Å². The molecule has 4 aromatic rings. The molecule has 1 aliphatic rings. The molecule has 5 rings (SSSR count). The molecule has 34 heavy (non-hydrogen) atoms. The summed E-state index contributed by atoms with van der Waals surface area (Å²) in [6.45, 7) is 7.72. The number of benzene rings is 2. The number of nitrogens with one attached hydrogen (secondary N) is 1. The van der Waals surface area contributed by atoms with Crippen LogP contribution in [0.25, 0.3) is 10.9 Å². The lowest BCUT2D eigenvalue weighted by atomic mass is 9.99. The van der Waals surface area contributed by atoms with Crippen molar-refractivity contribution in [3.8, 4) is 0 Å². The Morgan fingerprint density at radius 2 is 1.88 bits per heavy atom. The molecule has 0 aliphatic heterocycles. The molecule has 176 valence electrons. The third kappa shape index (κ3) is 4.28. The van der Waals surface area contributed by atoms with E-state index in [1.807, 2.05) is 16.8 Å². The number of hydrogen-bond donors (Lipinski definition) is 1. The van der Waals surface area contributed by atoms with Crippen LogP contribution in [-0.2, 0) is 6.54 Å². The summed E-state index contributed by atoms with van der Waals surface area (Å²) < 4.78 is 1.98. The maximum Gasteiger partial charge on any atom is 0.253 e. The van der Waals surface area contributed by atoms with Crippen LogP contribution in [0.5, 0.6) is 0 Å². The number of hydrogen-bond acceptors (Lipinski definition) is 5. The van der Waals surface area contributed by atoms with Crippen molar-refractivity contribution in [2.75, 3.05) is 6.54 Å². The molecule has 2 heterocycles. The van der Waals surface area contributed by atoms with E-state index in [0.29, 0.717) is 12.1 Å². The Balaban J connectivity index is 1.68. The zero-order chi connectivity index (χ0) is 23.7. The van der Waals surface area contributed by atoms with Crippen LogP contribution >= 0.6 is 0 Å². The highest BCUT2D eigenvalue weighted by molar-refractivity contribution is 5.83. The van der Waals surface area contributed by atoms with E-state index in [9.17, 15) is 4.79 Å². The van der Waals surface area contributed by atoms with Crippen LogP contribution in [0.3, 0.4) is 0 Å². The number of rotatable bonds is 7. The van der Waals surface area contributed by atoms with E-state index in [1.54, 1.807) is 0 Å². The van der Waals surface area contributed by atoms with Crippen LogP contribution in [0.1, 0.15) is 72.8 Å². The smallest absolute Gasteiger partial charge is 0.253 e. The lowest BCUT2D eigenvalue weighted by Gasteiger charge is -2.30. The van der Waals surface area contributed by atoms with Crippen molar-refractivity contribution in [2.24, 2.45) is 0 Å². The summed E-state index contributed by atoms with van der Waals surface area (Å²) in [7, 11) is 0. The summed E-state index contributed by atoms with van der Waals surface area (Å²) in [5, 5.41) is 14.1. The molecule has 1 fully saturated rings. The van der Waals surface area contributed by atoms with Gasteiger partial charge in [-0.15, -0.1) is 5.10 Å². The fraction of sp³-hybridized carbons (Fsp3) is 0.407. The molecular formula is C27H32N6O. The van der Waals surface area contributed by atoms with Gasteiger partial charge in [0.25, 0.3) is 5.56 Å². The second-order valence-electron chi connectivity index (χ2n) is 9.47. The Labute approximate surface area is 199 Å². The van der Waals surface area contributed by atoms with E-state index >= 15 is 0 Å². The zero-order valence-electron chi connectivity index (χ0n) is 20.2. The topological polar surface area (TPSA) is 79.7 Å². The standard InChI is InChI=1S/C27H32N6O/c1-4-32(17-20-10-6-5-7-11-20)25(26-29-30-31-33(26)21-12-8-9-13-21)23-16-22-19(3)14-18(2)15-24(22)28-27(23)34/h5-7,10-11,14-16,21,25H,4,8-9,12-13,17H2,1-3H3,(H,28,34). The molecular weight excluding hydrogens is 424 g/mol. The van der Waals surface area contributed by atoms with Gasteiger partial charge in [0.05, 0.1) is 6.04 Å². The minimum Gasteiger partial charge on any atom is -0.322 e. The van der Waals surface area contributed by atoms with Crippen molar-refractivity contribution in [3.05, 3.63) is 87.0 Å². The summed E-state index contributed by atoms with van der Waals surface area (Å²) in [5.74, 6) is 0.749. The first-order valence-corrected chi connectivity index (χ1v) is 12.2. The minimum absolute atomic E-state index is 0.0880. The third-order valence-corrected chi connectivity index (χ3v) is 7.07. The Morgan fingerprint density at radius 3 is 2.62 bits per heavy atom. The highest BCUT2D eigenvalue weighted by atomic mass is 16.1.